The van der Waals surface area contributed by atoms with Gasteiger partial charge in [-0.25, -0.2) is 14.2 Å². The molecule has 0 bridgehead atoms. The van der Waals surface area contributed by atoms with Gasteiger partial charge >= 0.3 is 5.97 Å². The number of rotatable bonds is 6. The Hall–Kier alpha value is -2.92. The molecule has 0 spiro atoms. The molecule has 2 aromatic carbocycles. The number of halogens is 2. The first-order valence-electron chi connectivity index (χ1n) is 8.56. The zero-order valence-electron chi connectivity index (χ0n) is 15.7. The van der Waals surface area contributed by atoms with Crippen LogP contribution in [0.1, 0.15) is 21.6 Å². The number of nitrogens with two attached hydrogens (primary N) is 2. The van der Waals surface area contributed by atoms with Gasteiger partial charge in [0.1, 0.15) is 11.6 Å². The number of aromatic carboxylic acids is 1. The Labute approximate surface area is 181 Å². The number of aryl methyl sites for hydroxylation is 1. The van der Waals surface area contributed by atoms with Crippen molar-refractivity contribution in [1.29, 1.82) is 0 Å². The van der Waals surface area contributed by atoms with Crippen LogP contribution >= 0.6 is 15.9 Å². The summed E-state index contributed by atoms with van der Waals surface area (Å²) in [7, 11) is 0.0113. The molecule has 0 radical (unpaired) electrons. The molecule has 158 valence electrons. The number of aliphatic imine (C=N–C) groups is 1. The predicted molar refractivity (Wildman–Crippen MR) is 115 cm³/mol. The van der Waals surface area contributed by atoms with Crippen molar-refractivity contribution in [1.82, 2.24) is 4.57 Å². The van der Waals surface area contributed by atoms with Crippen molar-refractivity contribution in [3.63, 3.8) is 0 Å². The van der Waals surface area contributed by atoms with Gasteiger partial charge in [0.25, 0.3) is 0 Å². The predicted octanol–water partition coefficient (Wildman–Crippen LogP) is 2.56. The van der Waals surface area contributed by atoms with Crippen LogP contribution in [-0.2, 0) is 30.1 Å². The van der Waals surface area contributed by atoms with E-state index in [0.29, 0.717) is 14.9 Å². The summed E-state index contributed by atoms with van der Waals surface area (Å²) in [6.45, 7) is -0.144. The fourth-order valence-corrected chi connectivity index (χ4v) is 4.84. The van der Waals surface area contributed by atoms with E-state index in [1.165, 1.54) is 24.3 Å². The maximum absolute atomic E-state index is 13.2. The molecule has 8 nitrogen and oxygen atoms in total. The smallest absolute Gasteiger partial charge is 0.338 e. The van der Waals surface area contributed by atoms with Crippen LogP contribution in [0.5, 0.6) is 5.75 Å². The molecule has 6 N–H and O–H groups in total. The van der Waals surface area contributed by atoms with Crippen LogP contribution in [0.25, 0.3) is 10.9 Å². The second kappa shape index (κ2) is 8.44. The standard InChI is InChI=1S/C19H18BrFN4O4S/c1-25-13-6-12(20)17(26)11(7-24-19(22)23)15(13)16(18(27)28)14(25)8-30(29)10-4-2-9(21)3-5-10/h2-6,26H,7-8H2,1H3,(H,27,28)(H4,22,23,24). The van der Waals surface area contributed by atoms with Crippen LogP contribution < -0.4 is 11.5 Å². The van der Waals surface area contributed by atoms with Gasteiger partial charge in [0.2, 0.25) is 0 Å². The number of hydrogen-bond donors (Lipinski definition) is 4. The Morgan fingerprint density at radius 2 is 1.93 bits per heavy atom. The van der Waals surface area contributed by atoms with Crippen molar-refractivity contribution >= 4 is 49.6 Å². The minimum absolute atomic E-state index is 0.105. The van der Waals surface area contributed by atoms with Crippen molar-refractivity contribution in [3.8, 4) is 5.75 Å². The van der Waals surface area contributed by atoms with E-state index in [1.54, 1.807) is 17.7 Å². The highest BCUT2D eigenvalue weighted by atomic mass is 79.9. The number of phenols is 1. The summed E-state index contributed by atoms with van der Waals surface area (Å²) < 4.78 is 27.9. The Balaban J connectivity index is 2.23. The van der Waals surface area contributed by atoms with Crippen LogP contribution in [-0.4, -0.2) is 30.9 Å². The monoisotopic (exact) mass is 496 g/mol. The maximum atomic E-state index is 13.2. The van der Waals surface area contributed by atoms with E-state index in [1.807, 2.05) is 0 Å². The number of carbonyl (C=O) groups is 1. The first-order chi connectivity index (χ1) is 14.1. The Bertz CT molecular complexity index is 1200. The second-order valence-electron chi connectivity index (χ2n) is 6.45. The lowest BCUT2D eigenvalue weighted by Gasteiger charge is -2.08. The van der Waals surface area contributed by atoms with Crippen LogP contribution in [0.4, 0.5) is 4.39 Å². The third kappa shape index (κ3) is 4.03. The highest BCUT2D eigenvalue weighted by Crippen LogP contribution is 2.39. The molecule has 3 rings (SSSR count). The number of carboxylic acids is 1. The van der Waals surface area contributed by atoms with Gasteiger partial charge in [0.15, 0.2) is 5.96 Å². The number of phenolic OH excluding ortho intramolecular Hbond substituents is 1. The lowest BCUT2D eigenvalue weighted by Crippen LogP contribution is -2.22. The van der Waals surface area contributed by atoms with Crippen molar-refractivity contribution in [3.05, 3.63) is 57.4 Å². The van der Waals surface area contributed by atoms with Crippen molar-refractivity contribution in [2.24, 2.45) is 23.5 Å². The molecule has 0 aliphatic heterocycles. The quantitative estimate of drug-likeness (QED) is 0.305. The van der Waals surface area contributed by atoms with Gasteiger partial charge in [0.05, 0.1) is 38.7 Å². The summed E-state index contributed by atoms with van der Waals surface area (Å²) in [6, 6.07) is 6.73. The fourth-order valence-electron chi connectivity index (χ4n) is 3.20. The summed E-state index contributed by atoms with van der Waals surface area (Å²) in [4.78, 5) is 16.4. The van der Waals surface area contributed by atoms with Crippen molar-refractivity contribution in [2.45, 2.75) is 17.2 Å². The van der Waals surface area contributed by atoms with E-state index >= 15 is 0 Å². The zero-order chi connectivity index (χ0) is 22.2. The lowest BCUT2D eigenvalue weighted by atomic mass is 10.0. The minimum atomic E-state index is -1.63. The first kappa shape index (κ1) is 21.8. The van der Waals surface area contributed by atoms with Gasteiger partial charge in [0, 0.05) is 28.6 Å². The second-order valence-corrected chi connectivity index (χ2v) is 8.76. The SMILES string of the molecule is Cn1c(CS(=O)c2ccc(F)cc2)c(C(=O)O)c2c(CN=C(N)N)c(O)c(Br)cc21. The first-order valence-corrected chi connectivity index (χ1v) is 10.7. The lowest BCUT2D eigenvalue weighted by molar-refractivity contribution is 0.0698. The molecule has 0 fully saturated rings. The number of aromatic nitrogens is 1. The summed E-state index contributed by atoms with van der Waals surface area (Å²) in [5.74, 6) is -2.24. The molecule has 0 saturated carbocycles. The van der Waals surface area contributed by atoms with Crippen molar-refractivity contribution in [2.75, 3.05) is 0 Å². The van der Waals surface area contributed by atoms with Gasteiger partial charge in [-0.2, -0.15) is 0 Å². The van der Waals surface area contributed by atoms with E-state index in [9.17, 15) is 23.6 Å². The maximum Gasteiger partial charge on any atom is 0.338 e. The molecule has 0 aliphatic rings. The largest absolute Gasteiger partial charge is 0.506 e. The van der Waals surface area contributed by atoms with Crippen LogP contribution in [0.15, 0.2) is 44.7 Å². The molecule has 3 aromatic rings. The molecule has 30 heavy (non-hydrogen) atoms. The normalized spacial score (nSPS) is 12.1. The number of aromatic hydroxyl groups is 1. The average molecular weight is 497 g/mol. The molecule has 1 aromatic heterocycles. The highest BCUT2D eigenvalue weighted by Gasteiger charge is 2.27. The number of nitrogens with zero attached hydrogens (tertiary/aromatic N) is 2. The van der Waals surface area contributed by atoms with E-state index < -0.39 is 22.6 Å². The van der Waals surface area contributed by atoms with Crippen molar-refractivity contribution < 1.29 is 23.6 Å². The minimum Gasteiger partial charge on any atom is -0.506 e. The van der Waals surface area contributed by atoms with E-state index in [0.717, 1.165) is 0 Å². The number of hydrogen-bond acceptors (Lipinski definition) is 4. The topological polar surface area (TPSA) is 144 Å². The van der Waals surface area contributed by atoms with E-state index in [4.69, 9.17) is 11.5 Å². The number of carboxylic acid groups (broad SMARTS) is 1. The van der Waals surface area contributed by atoms with Crippen LogP contribution in [0.3, 0.4) is 0 Å². The van der Waals surface area contributed by atoms with Gasteiger partial charge in [-0.05, 0) is 46.3 Å². The van der Waals surface area contributed by atoms with Gasteiger partial charge in [-0.15, -0.1) is 0 Å². The van der Waals surface area contributed by atoms with Crippen LogP contribution in [0.2, 0.25) is 0 Å². The summed E-state index contributed by atoms with van der Waals surface area (Å²) in [5.41, 5.74) is 11.7. The van der Waals surface area contributed by atoms with Crippen LogP contribution in [0, 0.1) is 5.82 Å². The molecule has 11 heteroatoms. The Morgan fingerprint density at radius 3 is 2.50 bits per heavy atom. The third-order valence-electron chi connectivity index (χ3n) is 4.62. The zero-order valence-corrected chi connectivity index (χ0v) is 18.1. The molecule has 0 aliphatic carbocycles. The number of guanidine groups is 1. The third-order valence-corrected chi connectivity index (χ3v) is 6.55. The fraction of sp³-hybridized carbons (Fsp3) is 0.158. The van der Waals surface area contributed by atoms with Gasteiger partial charge < -0.3 is 26.2 Å². The number of fused-ring (bicyclic) bond motifs is 1. The molecular weight excluding hydrogens is 479 g/mol. The molecule has 1 atom stereocenters. The molecule has 1 heterocycles. The summed E-state index contributed by atoms with van der Waals surface area (Å²) in [6.07, 6.45) is 0. The molecule has 1 unspecified atom stereocenters. The molecule has 0 amide bonds. The highest BCUT2D eigenvalue weighted by molar-refractivity contribution is 9.10. The summed E-state index contributed by atoms with van der Waals surface area (Å²) >= 11 is 3.26. The Kier molecular flexibility index (Phi) is 6.13. The Morgan fingerprint density at radius 1 is 1.30 bits per heavy atom. The van der Waals surface area contributed by atoms with Gasteiger partial charge in [-0.3, -0.25) is 4.21 Å². The molecule has 0 saturated heterocycles. The van der Waals surface area contributed by atoms with E-state index in [-0.39, 0.29) is 46.2 Å². The average Bonchev–Trinajstić information content (AvgIpc) is 2.94. The van der Waals surface area contributed by atoms with Gasteiger partial charge in [-0.1, -0.05) is 0 Å². The number of benzene rings is 2. The summed E-state index contributed by atoms with van der Waals surface area (Å²) in [5, 5.41) is 20.7. The van der Waals surface area contributed by atoms with E-state index in [2.05, 4.69) is 20.9 Å². The molecular formula is C19H18BrFN4O4S.